The van der Waals surface area contributed by atoms with Gasteiger partial charge < -0.3 is 11.1 Å². The van der Waals surface area contributed by atoms with E-state index in [-0.39, 0.29) is 0 Å². The molecule has 1 saturated heterocycles. The fourth-order valence-corrected chi connectivity index (χ4v) is 3.94. The van der Waals surface area contributed by atoms with Crippen LogP contribution in [0.15, 0.2) is 24.5 Å². The molecule has 1 aliphatic rings. The topological polar surface area (TPSA) is 68.2 Å². The zero-order valence-corrected chi connectivity index (χ0v) is 13.4. The molecule has 0 spiro atoms. The van der Waals surface area contributed by atoms with Crippen LogP contribution in [0.1, 0.15) is 29.3 Å². The van der Waals surface area contributed by atoms with Gasteiger partial charge in [0.05, 0.1) is 22.5 Å². The van der Waals surface area contributed by atoms with E-state index >= 15 is 0 Å². The molecule has 5 nitrogen and oxygen atoms in total. The lowest BCUT2D eigenvalue weighted by Crippen LogP contribution is -2.28. The zero-order chi connectivity index (χ0) is 15.1. The Labute approximate surface area is 133 Å². The summed E-state index contributed by atoms with van der Waals surface area (Å²) in [7, 11) is 0. The third-order valence-electron chi connectivity index (χ3n) is 4.25. The van der Waals surface area contributed by atoms with Gasteiger partial charge in [0.1, 0.15) is 0 Å². The number of hydrogen-bond donors (Lipinski definition) is 2. The smallest absolute Gasteiger partial charge is 0.180 e. The third kappa shape index (κ3) is 2.28. The summed E-state index contributed by atoms with van der Waals surface area (Å²) in [6.45, 7) is 4.21. The van der Waals surface area contributed by atoms with Crippen molar-refractivity contribution in [2.75, 3.05) is 18.8 Å². The second-order valence-electron chi connectivity index (χ2n) is 5.84. The van der Waals surface area contributed by atoms with Crippen LogP contribution in [0.5, 0.6) is 0 Å². The number of rotatable bonds is 2. The molecule has 3 N–H and O–H groups in total. The monoisotopic (exact) mass is 313 g/mol. The van der Waals surface area contributed by atoms with Crippen LogP contribution < -0.4 is 11.1 Å². The van der Waals surface area contributed by atoms with Crippen molar-refractivity contribution in [3.05, 3.63) is 35.1 Å². The summed E-state index contributed by atoms with van der Waals surface area (Å²) in [6, 6.07) is 4.26. The van der Waals surface area contributed by atoms with Crippen molar-refractivity contribution in [1.29, 1.82) is 0 Å². The number of anilines is 1. The highest BCUT2D eigenvalue weighted by molar-refractivity contribution is 7.15. The summed E-state index contributed by atoms with van der Waals surface area (Å²) in [5, 5.41) is 3.45. The number of hydrogen-bond acceptors (Lipinski definition) is 5. The molecule has 0 aromatic carbocycles. The van der Waals surface area contributed by atoms with E-state index in [2.05, 4.69) is 40.0 Å². The number of nitrogens with two attached hydrogens (primary N) is 1. The number of aromatic nitrogens is 3. The van der Waals surface area contributed by atoms with E-state index in [1.807, 2.05) is 6.20 Å². The predicted octanol–water partition coefficient (Wildman–Crippen LogP) is 2.82. The lowest BCUT2D eigenvalue weighted by atomic mass is 9.97. The summed E-state index contributed by atoms with van der Waals surface area (Å²) in [5.41, 5.74) is 8.98. The van der Waals surface area contributed by atoms with Crippen LogP contribution in [0.25, 0.3) is 16.2 Å². The second kappa shape index (κ2) is 5.37. The van der Waals surface area contributed by atoms with Gasteiger partial charge >= 0.3 is 0 Å². The van der Waals surface area contributed by atoms with Gasteiger partial charge in [-0.3, -0.25) is 4.40 Å². The van der Waals surface area contributed by atoms with Crippen LogP contribution in [0.2, 0.25) is 0 Å². The molecule has 0 aliphatic carbocycles. The summed E-state index contributed by atoms with van der Waals surface area (Å²) in [4.78, 5) is 11.6. The minimum Gasteiger partial charge on any atom is -0.381 e. The molecule has 6 heteroatoms. The van der Waals surface area contributed by atoms with Gasteiger partial charge in [-0.25, -0.2) is 9.97 Å². The van der Waals surface area contributed by atoms with E-state index in [4.69, 9.17) is 10.7 Å². The molecular formula is C16H19N5S. The Bertz CT molecular complexity index is 813. The summed E-state index contributed by atoms with van der Waals surface area (Å²) >= 11 is 1.76. The Morgan fingerprint density at radius 2 is 2.32 bits per heavy atom. The van der Waals surface area contributed by atoms with Crippen molar-refractivity contribution in [2.24, 2.45) is 0 Å². The number of nitrogens with one attached hydrogen (secondary N) is 1. The molecule has 0 bridgehead atoms. The molecule has 3 aromatic rings. The van der Waals surface area contributed by atoms with E-state index in [0.717, 1.165) is 30.1 Å². The number of thiophene rings is 1. The highest BCUT2D eigenvalue weighted by Crippen LogP contribution is 2.31. The van der Waals surface area contributed by atoms with Gasteiger partial charge in [0.25, 0.3) is 0 Å². The highest BCUT2D eigenvalue weighted by atomic mass is 32.1. The molecule has 114 valence electrons. The van der Waals surface area contributed by atoms with Crippen LogP contribution in [0, 0.1) is 6.92 Å². The summed E-state index contributed by atoms with van der Waals surface area (Å²) in [6.07, 6.45) is 6.36. The molecule has 1 fully saturated rings. The lowest BCUT2D eigenvalue weighted by Gasteiger charge is -2.20. The van der Waals surface area contributed by atoms with Crippen molar-refractivity contribution in [2.45, 2.75) is 25.7 Å². The van der Waals surface area contributed by atoms with Gasteiger partial charge in [-0.15, -0.1) is 11.3 Å². The Hall–Kier alpha value is -1.92. The first-order valence-electron chi connectivity index (χ1n) is 7.63. The molecule has 1 atom stereocenters. The highest BCUT2D eigenvalue weighted by Gasteiger charge is 2.20. The average Bonchev–Trinajstić information content (AvgIpc) is 3.16. The quantitative estimate of drug-likeness (QED) is 0.763. The Balaban J connectivity index is 1.85. The van der Waals surface area contributed by atoms with E-state index in [0.29, 0.717) is 11.7 Å². The number of piperidine rings is 1. The van der Waals surface area contributed by atoms with Crippen LogP contribution >= 0.6 is 11.3 Å². The maximum absolute atomic E-state index is 6.04. The number of aryl methyl sites for hydroxylation is 1. The van der Waals surface area contributed by atoms with E-state index in [1.165, 1.54) is 22.6 Å². The van der Waals surface area contributed by atoms with Crippen LogP contribution in [0.3, 0.4) is 0 Å². The van der Waals surface area contributed by atoms with E-state index < -0.39 is 0 Å². The van der Waals surface area contributed by atoms with Crippen LogP contribution in [-0.2, 0) is 0 Å². The van der Waals surface area contributed by atoms with E-state index in [1.54, 1.807) is 11.3 Å². The molecule has 4 rings (SSSR count). The Kier molecular flexibility index (Phi) is 3.35. The molecule has 0 unspecified atom stereocenters. The van der Waals surface area contributed by atoms with Gasteiger partial charge in [-0.05, 0) is 38.4 Å². The molecule has 3 aromatic heterocycles. The molecule has 0 amide bonds. The maximum atomic E-state index is 6.04. The first kappa shape index (κ1) is 13.7. The number of fused-ring (bicyclic) bond motifs is 1. The minimum atomic E-state index is 0.464. The Morgan fingerprint density at radius 3 is 3.05 bits per heavy atom. The van der Waals surface area contributed by atoms with Crippen molar-refractivity contribution in [3.63, 3.8) is 0 Å². The van der Waals surface area contributed by atoms with Gasteiger partial charge in [0.2, 0.25) is 0 Å². The SMILES string of the molecule is Cc1ccc(-c2cnc(N)c3nc([C@H]4CCCNC4)cn23)s1. The first-order chi connectivity index (χ1) is 10.7. The minimum absolute atomic E-state index is 0.464. The fourth-order valence-electron chi connectivity index (χ4n) is 3.07. The maximum Gasteiger partial charge on any atom is 0.180 e. The molecule has 4 heterocycles. The zero-order valence-electron chi connectivity index (χ0n) is 12.5. The Morgan fingerprint density at radius 1 is 1.41 bits per heavy atom. The molecule has 0 saturated carbocycles. The average molecular weight is 313 g/mol. The van der Waals surface area contributed by atoms with Gasteiger partial charge in [0.15, 0.2) is 11.5 Å². The summed E-state index contributed by atoms with van der Waals surface area (Å²) < 4.78 is 2.09. The van der Waals surface area contributed by atoms with Crippen LogP contribution in [0.4, 0.5) is 5.82 Å². The van der Waals surface area contributed by atoms with E-state index in [9.17, 15) is 0 Å². The van der Waals surface area contributed by atoms with Crippen LogP contribution in [-0.4, -0.2) is 27.5 Å². The summed E-state index contributed by atoms with van der Waals surface area (Å²) in [5.74, 6) is 0.956. The second-order valence-corrected chi connectivity index (χ2v) is 7.13. The number of nitrogens with zero attached hydrogens (tertiary/aromatic N) is 3. The van der Waals surface area contributed by atoms with Gasteiger partial charge in [-0.2, -0.15) is 0 Å². The number of imidazole rings is 1. The molecular weight excluding hydrogens is 294 g/mol. The van der Waals surface area contributed by atoms with Crippen molar-refractivity contribution >= 4 is 22.8 Å². The number of nitrogen functional groups attached to an aromatic ring is 1. The standard InChI is InChI=1S/C16H19N5S/c1-10-4-5-14(22-10)13-8-19-15(17)16-20-12(9-21(13)16)11-3-2-6-18-7-11/h4-5,8-9,11,18H,2-3,6-7H2,1H3,(H2,17,19)/t11-/m0/s1. The molecule has 1 aliphatic heterocycles. The molecule has 22 heavy (non-hydrogen) atoms. The predicted molar refractivity (Wildman–Crippen MR) is 90.3 cm³/mol. The third-order valence-corrected chi connectivity index (χ3v) is 5.27. The lowest BCUT2D eigenvalue weighted by molar-refractivity contribution is 0.456. The fraction of sp³-hybridized carbons (Fsp3) is 0.375. The normalized spacial score (nSPS) is 18.9. The largest absolute Gasteiger partial charge is 0.381 e. The van der Waals surface area contributed by atoms with Crippen molar-refractivity contribution in [3.8, 4) is 10.6 Å². The van der Waals surface area contributed by atoms with Crippen molar-refractivity contribution in [1.82, 2.24) is 19.7 Å². The molecule has 0 radical (unpaired) electrons. The van der Waals surface area contributed by atoms with Gasteiger partial charge in [-0.1, -0.05) is 0 Å². The van der Waals surface area contributed by atoms with Gasteiger partial charge in [0, 0.05) is 23.5 Å². The first-order valence-corrected chi connectivity index (χ1v) is 8.45. The van der Waals surface area contributed by atoms with Crippen molar-refractivity contribution < 1.29 is 0 Å².